The van der Waals surface area contributed by atoms with Gasteiger partial charge in [0.1, 0.15) is 0 Å². The summed E-state index contributed by atoms with van der Waals surface area (Å²) in [5.41, 5.74) is 0.581. The maximum absolute atomic E-state index is 11.7. The summed E-state index contributed by atoms with van der Waals surface area (Å²) in [6, 6.07) is 1.90. The monoisotopic (exact) mass is 336 g/mol. The van der Waals surface area contributed by atoms with Crippen LogP contribution >= 0.6 is 11.3 Å². The van der Waals surface area contributed by atoms with Gasteiger partial charge >= 0.3 is 0 Å². The summed E-state index contributed by atoms with van der Waals surface area (Å²) in [6.07, 6.45) is 0.526. The molecule has 0 unspecified atom stereocenters. The first-order valence-corrected chi connectivity index (χ1v) is 8.20. The number of amides is 2. The van der Waals surface area contributed by atoms with E-state index in [-0.39, 0.29) is 30.3 Å². The third-order valence-corrected chi connectivity index (χ3v) is 3.46. The molecule has 0 bridgehead atoms. The van der Waals surface area contributed by atoms with Crippen molar-refractivity contribution < 1.29 is 14.1 Å². The Hall–Kier alpha value is -2.22. The molecule has 7 nitrogen and oxygen atoms in total. The molecular formula is C15H20N4O3S. The summed E-state index contributed by atoms with van der Waals surface area (Å²) >= 11 is 1.55. The molecule has 0 saturated carbocycles. The minimum Gasteiger partial charge on any atom is -0.350 e. The molecule has 0 aliphatic heterocycles. The number of hydrogen-bond donors (Lipinski definition) is 2. The van der Waals surface area contributed by atoms with Crippen LogP contribution < -0.4 is 10.6 Å². The average molecular weight is 336 g/mol. The first-order chi connectivity index (χ1) is 10.8. The van der Waals surface area contributed by atoms with E-state index >= 15 is 0 Å². The Kier molecular flexibility index (Phi) is 5.49. The quantitative estimate of drug-likeness (QED) is 0.838. The molecule has 0 spiro atoms. The molecule has 2 amide bonds. The third-order valence-electron chi connectivity index (χ3n) is 2.77. The van der Waals surface area contributed by atoms with Crippen LogP contribution in [0, 0.1) is 0 Å². The van der Waals surface area contributed by atoms with Gasteiger partial charge < -0.3 is 15.2 Å². The second-order valence-electron chi connectivity index (χ2n) is 6.10. The fraction of sp³-hybridized carbons (Fsp3) is 0.467. The van der Waals surface area contributed by atoms with Gasteiger partial charge in [0.05, 0.1) is 6.54 Å². The van der Waals surface area contributed by atoms with E-state index in [2.05, 4.69) is 20.8 Å². The van der Waals surface area contributed by atoms with Crippen molar-refractivity contribution >= 4 is 23.2 Å². The average Bonchev–Trinajstić information content (AvgIpc) is 3.11. The van der Waals surface area contributed by atoms with Crippen molar-refractivity contribution in [2.24, 2.45) is 0 Å². The molecule has 0 aliphatic carbocycles. The van der Waals surface area contributed by atoms with Gasteiger partial charge in [-0.15, -0.1) is 0 Å². The van der Waals surface area contributed by atoms with E-state index in [0.29, 0.717) is 18.1 Å². The molecule has 0 fully saturated rings. The number of nitrogens with one attached hydrogen (secondary N) is 2. The summed E-state index contributed by atoms with van der Waals surface area (Å²) in [5, 5.41) is 13.1. The summed E-state index contributed by atoms with van der Waals surface area (Å²) in [6.45, 7) is 5.61. The van der Waals surface area contributed by atoms with Gasteiger partial charge in [0.25, 0.3) is 0 Å². The Bertz CT molecular complexity index is 659. The van der Waals surface area contributed by atoms with Crippen LogP contribution in [0.1, 0.15) is 33.1 Å². The van der Waals surface area contributed by atoms with Crippen LogP contribution in [-0.2, 0) is 16.0 Å². The molecule has 2 heterocycles. The molecule has 124 valence electrons. The smallest absolute Gasteiger partial charge is 0.239 e. The van der Waals surface area contributed by atoms with Crippen LogP contribution in [0.4, 0.5) is 0 Å². The van der Waals surface area contributed by atoms with Crippen molar-refractivity contribution in [3.05, 3.63) is 22.7 Å². The number of nitrogens with zero attached hydrogens (tertiary/aromatic N) is 2. The topological polar surface area (TPSA) is 97.1 Å². The highest BCUT2D eigenvalue weighted by Crippen LogP contribution is 2.18. The van der Waals surface area contributed by atoms with E-state index in [1.807, 2.05) is 37.6 Å². The van der Waals surface area contributed by atoms with Crippen molar-refractivity contribution in [1.29, 1.82) is 0 Å². The Morgan fingerprint density at radius 2 is 2.09 bits per heavy atom. The van der Waals surface area contributed by atoms with E-state index in [1.54, 1.807) is 11.3 Å². The van der Waals surface area contributed by atoms with Crippen molar-refractivity contribution in [2.45, 2.75) is 39.2 Å². The van der Waals surface area contributed by atoms with E-state index in [0.717, 1.165) is 5.56 Å². The molecule has 2 aromatic heterocycles. The van der Waals surface area contributed by atoms with Gasteiger partial charge in [-0.2, -0.15) is 16.3 Å². The number of carbonyl (C=O) groups is 2. The lowest BCUT2D eigenvalue weighted by Crippen LogP contribution is -2.45. The highest BCUT2D eigenvalue weighted by molar-refractivity contribution is 7.08. The first-order valence-electron chi connectivity index (χ1n) is 7.26. The number of rotatable bonds is 6. The largest absolute Gasteiger partial charge is 0.350 e. The predicted octanol–water partition coefficient (Wildman–Crippen LogP) is 1.76. The van der Waals surface area contributed by atoms with Crippen molar-refractivity contribution in [3.63, 3.8) is 0 Å². The van der Waals surface area contributed by atoms with E-state index in [1.165, 1.54) is 0 Å². The molecule has 0 aromatic carbocycles. The standard InChI is InChI=1S/C15H20N4O3S/c1-15(2,3)18-12(21)8-16-11(20)4-5-13-17-14(19-22-13)10-6-7-23-9-10/h6-7,9H,4-5,8H2,1-3H3,(H,16,20)(H,18,21). The summed E-state index contributed by atoms with van der Waals surface area (Å²) < 4.78 is 5.11. The Balaban J connectivity index is 1.73. The third kappa shape index (κ3) is 5.82. The number of thiophene rings is 1. The number of carbonyl (C=O) groups excluding carboxylic acids is 2. The molecule has 8 heteroatoms. The van der Waals surface area contributed by atoms with Gasteiger partial charge in [0, 0.05) is 29.3 Å². The zero-order chi connectivity index (χ0) is 16.9. The number of hydrogen-bond acceptors (Lipinski definition) is 6. The Morgan fingerprint density at radius 3 is 2.74 bits per heavy atom. The van der Waals surface area contributed by atoms with Crippen LogP contribution in [0.3, 0.4) is 0 Å². The maximum atomic E-state index is 11.7. The summed E-state index contributed by atoms with van der Waals surface area (Å²) in [7, 11) is 0. The van der Waals surface area contributed by atoms with Crippen molar-refractivity contribution in [2.75, 3.05) is 6.54 Å². The maximum Gasteiger partial charge on any atom is 0.239 e. The fourth-order valence-electron chi connectivity index (χ4n) is 1.82. The SMILES string of the molecule is CC(C)(C)NC(=O)CNC(=O)CCc1nc(-c2ccsc2)no1. The van der Waals surface area contributed by atoms with Gasteiger partial charge in [0.2, 0.25) is 23.5 Å². The van der Waals surface area contributed by atoms with Crippen LogP contribution in [0.25, 0.3) is 11.4 Å². The van der Waals surface area contributed by atoms with Gasteiger partial charge in [-0.3, -0.25) is 9.59 Å². The van der Waals surface area contributed by atoms with Crippen LogP contribution in [-0.4, -0.2) is 34.0 Å². The van der Waals surface area contributed by atoms with Gasteiger partial charge in [-0.25, -0.2) is 0 Å². The Morgan fingerprint density at radius 1 is 1.30 bits per heavy atom. The van der Waals surface area contributed by atoms with E-state index in [4.69, 9.17) is 4.52 Å². The molecule has 2 aromatic rings. The molecule has 0 radical (unpaired) electrons. The zero-order valence-corrected chi connectivity index (χ0v) is 14.2. The lowest BCUT2D eigenvalue weighted by atomic mass is 10.1. The van der Waals surface area contributed by atoms with Crippen LogP contribution in [0.5, 0.6) is 0 Å². The van der Waals surface area contributed by atoms with E-state index < -0.39 is 0 Å². The van der Waals surface area contributed by atoms with Crippen molar-refractivity contribution in [3.8, 4) is 11.4 Å². The van der Waals surface area contributed by atoms with Gasteiger partial charge in [0.15, 0.2) is 0 Å². The lowest BCUT2D eigenvalue weighted by molar-refractivity contribution is -0.126. The second-order valence-corrected chi connectivity index (χ2v) is 6.88. The van der Waals surface area contributed by atoms with Crippen molar-refractivity contribution in [1.82, 2.24) is 20.8 Å². The molecule has 0 aliphatic rings. The second kappa shape index (κ2) is 7.36. The normalized spacial score (nSPS) is 11.3. The molecule has 2 rings (SSSR count). The minimum atomic E-state index is -0.316. The van der Waals surface area contributed by atoms with Gasteiger partial charge in [-0.1, -0.05) is 5.16 Å². The lowest BCUT2D eigenvalue weighted by Gasteiger charge is -2.20. The van der Waals surface area contributed by atoms with Gasteiger partial charge in [-0.05, 0) is 32.2 Å². The van der Waals surface area contributed by atoms with Crippen LogP contribution in [0.15, 0.2) is 21.3 Å². The first kappa shape index (κ1) is 17.1. The molecule has 2 N–H and O–H groups in total. The molecule has 23 heavy (non-hydrogen) atoms. The number of aromatic nitrogens is 2. The highest BCUT2D eigenvalue weighted by Gasteiger charge is 2.15. The summed E-state index contributed by atoms with van der Waals surface area (Å²) in [4.78, 5) is 27.6. The van der Waals surface area contributed by atoms with E-state index in [9.17, 15) is 9.59 Å². The highest BCUT2D eigenvalue weighted by atomic mass is 32.1. The van der Waals surface area contributed by atoms with Crippen LogP contribution in [0.2, 0.25) is 0 Å². The minimum absolute atomic E-state index is 0.0416. The molecular weight excluding hydrogens is 316 g/mol. The predicted molar refractivity (Wildman–Crippen MR) is 86.8 cm³/mol. The zero-order valence-electron chi connectivity index (χ0n) is 13.4. The fourth-order valence-corrected chi connectivity index (χ4v) is 2.45. The molecule has 0 saturated heterocycles. The summed E-state index contributed by atoms with van der Waals surface area (Å²) in [5.74, 6) is 0.472. The molecule has 0 atom stereocenters. The number of aryl methyl sites for hydroxylation is 1. The Labute approximate surface area is 138 Å².